The molecule has 2 aromatic carbocycles. The number of fused-ring (bicyclic) bond motifs is 2. The summed E-state index contributed by atoms with van der Waals surface area (Å²) in [6, 6.07) is 15.5. The van der Waals surface area contributed by atoms with Gasteiger partial charge in [0.15, 0.2) is 11.3 Å². The van der Waals surface area contributed by atoms with Crippen molar-refractivity contribution in [1.29, 1.82) is 0 Å². The van der Waals surface area contributed by atoms with E-state index in [4.69, 9.17) is 37.9 Å². The Balaban J connectivity index is 0.000000208. The first kappa shape index (κ1) is 63.2. The van der Waals surface area contributed by atoms with Crippen LogP contribution in [0, 0.1) is 11.6 Å². The molecule has 2 aliphatic heterocycles. The lowest BCUT2D eigenvalue weighted by atomic mass is 10.0. The Morgan fingerprint density at radius 2 is 0.966 bits per heavy atom. The highest BCUT2D eigenvalue weighted by molar-refractivity contribution is 6.34. The van der Waals surface area contributed by atoms with Crippen LogP contribution in [0.3, 0.4) is 0 Å². The van der Waals surface area contributed by atoms with Crippen molar-refractivity contribution in [2.24, 2.45) is 0 Å². The number of anilines is 2. The highest BCUT2D eigenvalue weighted by atomic mass is 35.5. The van der Waals surface area contributed by atoms with Crippen molar-refractivity contribution in [2.45, 2.75) is 131 Å². The first-order valence-electron chi connectivity index (χ1n) is 29.1. The van der Waals surface area contributed by atoms with Gasteiger partial charge in [0.25, 0.3) is 0 Å². The van der Waals surface area contributed by atoms with Crippen molar-refractivity contribution in [1.82, 2.24) is 58.8 Å². The van der Waals surface area contributed by atoms with Crippen LogP contribution in [0.25, 0.3) is 56.0 Å². The number of amides is 2. The summed E-state index contributed by atoms with van der Waals surface area (Å²) >= 11 is 13.6. The maximum atomic E-state index is 15.1. The molecule has 2 saturated heterocycles. The minimum absolute atomic E-state index is 0.0454. The number of aromatic nitrogens is 10. The fraction of sp³-hybridized carbons (Fsp3) is 0.406. The molecule has 2 fully saturated rings. The molecule has 23 heteroatoms. The first-order valence-corrected chi connectivity index (χ1v) is 29.9. The molecule has 6 aromatic heterocycles. The Bertz CT molecular complexity index is 4040. The van der Waals surface area contributed by atoms with Crippen LogP contribution in [-0.4, -0.2) is 128 Å². The minimum atomic E-state index is -0.622. The molecular formula is C64H72Cl2F2N14O5. The molecule has 87 heavy (non-hydrogen) atoms. The van der Waals surface area contributed by atoms with Crippen LogP contribution in [0.4, 0.5) is 25.2 Å². The molecule has 0 aliphatic carbocycles. The van der Waals surface area contributed by atoms with Gasteiger partial charge in [-0.3, -0.25) is 4.79 Å². The van der Waals surface area contributed by atoms with Gasteiger partial charge in [0, 0.05) is 62.5 Å². The van der Waals surface area contributed by atoms with Crippen LogP contribution in [0.5, 0.6) is 0 Å². The number of carbonyl (C=O) groups is 2. The average Bonchev–Trinajstić information content (AvgIpc) is 0.849. The van der Waals surface area contributed by atoms with E-state index in [9.17, 15) is 19.2 Å². The number of piperazine rings is 2. The van der Waals surface area contributed by atoms with E-state index in [0.717, 1.165) is 0 Å². The highest BCUT2D eigenvalue weighted by Crippen LogP contribution is 2.40. The Morgan fingerprint density at radius 3 is 1.31 bits per heavy atom. The van der Waals surface area contributed by atoms with Gasteiger partial charge in [-0.2, -0.15) is 9.97 Å². The van der Waals surface area contributed by atoms with Crippen molar-refractivity contribution in [2.75, 3.05) is 49.1 Å². The van der Waals surface area contributed by atoms with Gasteiger partial charge in [0.2, 0.25) is 5.91 Å². The van der Waals surface area contributed by atoms with E-state index in [2.05, 4.69) is 36.5 Å². The number of carbonyl (C=O) groups excluding carboxylic acids is 2. The Kier molecular flexibility index (Phi) is 18.6. The van der Waals surface area contributed by atoms with Crippen molar-refractivity contribution < 1.29 is 23.1 Å². The standard InChI is InChI=1S/C33H39ClFN7O3.C31H33ClFN7O2/c1-18(2)25-28(26(19(3)4)37-17-36-25)42-30-22(15-23(34)27(38-30)21-11-9-10-12-24(21)35)29(39-31(42)43)41-14-13-40(16-20(41)5)32(44)45-33(6,7)8;1-7-24(41)38-12-13-39(19(6)15-38)29-21-14-22(32)27(20-10-8-9-11-23(20)33)36-30(21)40(31(42)37-29)28-25(17(2)3)34-16-35-26(28)18(4)5/h9-12,15,17-20H,13-14,16H2,1-8H3;7-11,14,16-19H,1,12-13,15H2,2-6H3/t20-;19-/m00/s1. The Morgan fingerprint density at radius 1 is 0.598 bits per heavy atom. The van der Waals surface area contributed by atoms with Crippen LogP contribution in [0.1, 0.15) is 136 Å². The molecule has 10 rings (SSSR count). The summed E-state index contributed by atoms with van der Waals surface area (Å²) in [7, 11) is 0. The number of hydrogen-bond acceptors (Lipinski definition) is 15. The van der Waals surface area contributed by atoms with Crippen LogP contribution in [0.15, 0.2) is 95.6 Å². The lowest BCUT2D eigenvalue weighted by Gasteiger charge is -2.41. The van der Waals surface area contributed by atoms with Crippen LogP contribution < -0.4 is 21.2 Å². The summed E-state index contributed by atoms with van der Waals surface area (Å²) in [5.41, 5.74) is 3.26. The number of ether oxygens (including phenoxy) is 1. The lowest BCUT2D eigenvalue weighted by molar-refractivity contribution is -0.126. The molecule has 0 radical (unpaired) electrons. The molecule has 0 bridgehead atoms. The normalized spacial score (nSPS) is 15.7. The molecular weight excluding hydrogens is 1150 g/mol. The van der Waals surface area contributed by atoms with Gasteiger partial charge >= 0.3 is 17.5 Å². The Labute approximate surface area is 514 Å². The van der Waals surface area contributed by atoms with Gasteiger partial charge in [-0.05, 0) is 101 Å². The van der Waals surface area contributed by atoms with Crippen molar-refractivity contribution >= 4 is 68.9 Å². The largest absolute Gasteiger partial charge is 0.444 e. The van der Waals surface area contributed by atoms with E-state index in [1.807, 2.05) is 99.8 Å². The smallest absolute Gasteiger partial charge is 0.410 e. The minimum Gasteiger partial charge on any atom is -0.444 e. The van der Waals surface area contributed by atoms with E-state index >= 15 is 8.78 Å². The van der Waals surface area contributed by atoms with E-state index in [0.29, 0.717) is 95.8 Å². The SMILES string of the molecule is C=CC(=O)N1CCN(c2nc(=O)n(-c3c(C(C)C)ncnc3C(C)C)c3nc(-c4ccccc4F)c(Cl)cc23)[C@@H](C)C1.CC(C)c1ncnc(C(C)C)c1-n1c(=O)nc(N2CCN(C(=O)OC(C)(C)C)C[C@@H]2C)c2cc(Cl)c(-c3ccccc3F)nc21. The molecule has 8 aromatic rings. The second-order valence-corrected chi connectivity index (χ2v) is 24.9. The third kappa shape index (κ3) is 12.8. The van der Waals surface area contributed by atoms with Crippen molar-refractivity contribution in [3.05, 3.63) is 151 Å². The number of rotatable bonds is 11. The second-order valence-electron chi connectivity index (χ2n) is 24.1. The molecule has 2 atom stereocenters. The topological polar surface area (TPSA) is 203 Å². The zero-order valence-electron chi connectivity index (χ0n) is 51.2. The monoisotopic (exact) mass is 1220 g/mol. The second kappa shape index (κ2) is 25.6. The summed E-state index contributed by atoms with van der Waals surface area (Å²) in [5.74, 6) is -0.552. The average molecular weight is 1230 g/mol. The van der Waals surface area contributed by atoms with Crippen LogP contribution in [0.2, 0.25) is 10.0 Å². The van der Waals surface area contributed by atoms with E-state index in [-0.39, 0.29) is 85.5 Å². The predicted octanol–water partition coefficient (Wildman–Crippen LogP) is 12.2. The fourth-order valence-electron chi connectivity index (χ4n) is 11.1. The molecule has 0 unspecified atom stereocenters. The molecule has 8 heterocycles. The summed E-state index contributed by atoms with van der Waals surface area (Å²) in [4.78, 5) is 98.0. The first-order chi connectivity index (χ1) is 41.2. The summed E-state index contributed by atoms with van der Waals surface area (Å²) in [6.45, 7) is 31.3. The number of benzene rings is 2. The van der Waals surface area contributed by atoms with E-state index in [1.54, 1.807) is 58.3 Å². The van der Waals surface area contributed by atoms with Crippen LogP contribution in [-0.2, 0) is 9.53 Å². The predicted molar refractivity (Wildman–Crippen MR) is 337 cm³/mol. The zero-order chi connectivity index (χ0) is 63.1. The molecule has 456 valence electrons. The maximum Gasteiger partial charge on any atom is 0.410 e. The molecule has 0 saturated carbocycles. The number of halogens is 4. The lowest BCUT2D eigenvalue weighted by Crippen LogP contribution is -2.55. The van der Waals surface area contributed by atoms with Crippen LogP contribution >= 0.6 is 23.2 Å². The zero-order valence-corrected chi connectivity index (χ0v) is 52.7. The van der Waals surface area contributed by atoms with Gasteiger partial charge < -0.3 is 24.3 Å². The van der Waals surface area contributed by atoms with Gasteiger partial charge in [0.05, 0.1) is 66.4 Å². The van der Waals surface area contributed by atoms with Gasteiger partial charge in [-0.25, -0.2) is 62.2 Å². The van der Waals surface area contributed by atoms with E-state index in [1.165, 1.54) is 40.0 Å². The fourth-order valence-corrected chi connectivity index (χ4v) is 11.6. The summed E-state index contributed by atoms with van der Waals surface area (Å²) in [5, 5.41) is 1.44. The highest BCUT2D eigenvalue weighted by Gasteiger charge is 2.35. The third-order valence-electron chi connectivity index (χ3n) is 15.2. The number of nitrogens with zero attached hydrogens (tertiary/aromatic N) is 14. The third-order valence-corrected chi connectivity index (χ3v) is 15.8. The summed E-state index contributed by atoms with van der Waals surface area (Å²) < 4.78 is 38.5. The quantitative estimate of drug-likeness (QED) is 0.111. The number of pyridine rings is 2. The van der Waals surface area contributed by atoms with Gasteiger partial charge in [-0.1, -0.05) is 109 Å². The van der Waals surface area contributed by atoms with Crippen molar-refractivity contribution in [3.63, 3.8) is 0 Å². The Hall–Kier alpha value is -8.30. The van der Waals surface area contributed by atoms with Gasteiger partial charge in [-0.15, -0.1) is 0 Å². The maximum absolute atomic E-state index is 15.1. The van der Waals surface area contributed by atoms with Gasteiger partial charge in [0.1, 0.15) is 41.5 Å². The van der Waals surface area contributed by atoms with Crippen molar-refractivity contribution in [3.8, 4) is 33.9 Å². The molecule has 0 spiro atoms. The molecule has 0 N–H and O–H groups in total. The van der Waals surface area contributed by atoms with E-state index < -0.39 is 34.7 Å². The summed E-state index contributed by atoms with van der Waals surface area (Å²) in [6.07, 6.45) is 3.91. The molecule has 2 aliphatic rings. The number of hydrogen-bond donors (Lipinski definition) is 0. The molecule has 2 amide bonds. The molecule has 19 nitrogen and oxygen atoms in total.